The number of hydrogen-bond donors (Lipinski definition) is 0. The lowest BCUT2D eigenvalue weighted by Gasteiger charge is -2.32. The molecular formula is C28H32ClNO. The highest BCUT2D eigenvalue weighted by molar-refractivity contribution is 6.30. The lowest BCUT2D eigenvalue weighted by atomic mass is 9.96. The van der Waals surface area contributed by atoms with Crippen molar-refractivity contribution in [1.82, 2.24) is 4.90 Å². The van der Waals surface area contributed by atoms with E-state index in [1.165, 1.54) is 55.6 Å². The molecule has 0 aliphatic carbocycles. The van der Waals surface area contributed by atoms with Crippen LogP contribution in [0.2, 0.25) is 5.02 Å². The van der Waals surface area contributed by atoms with Crippen molar-refractivity contribution in [3.63, 3.8) is 0 Å². The normalized spacial score (nSPS) is 15.4. The van der Waals surface area contributed by atoms with Gasteiger partial charge >= 0.3 is 0 Å². The number of halogens is 1. The lowest BCUT2D eigenvalue weighted by molar-refractivity contribution is 0.0309. The van der Waals surface area contributed by atoms with Gasteiger partial charge in [0.1, 0.15) is 6.10 Å². The van der Waals surface area contributed by atoms with Crippen molar-refractivity contribution in [3.8, 4) is 0 Å². The van der Waals surface area contributed by atoms with Crippen LogP contribution in [0.15, 0.2) is 84.9 Å². The van der Waals surface area contributed by atoms with Crippen LogP contribution in [0.3, 0.4) is 0 Å². The summed E-state index contributed by atoms with van der Waals surface area (Å²) in [6.07, 6.45) is 4.78. The fourth-order valence-corrected chi connectivity index (χ4v) is 4.53. The molecule has 0 radical (unpaired) electrons. The molecule has 0 unspecified atom stereocenters. The minimum absolute atomic E-state index is 0.0137. The molecule has 1 fully saturated rings. The Morgan fingerprint density at radius 3 is 1.97 bits per heavy atom. The van der Waals surface area contributed by atoms with Gasteiger partial charge in [-0.2, -0.15) is 0 Å². The van der Waals surface area contributed by atoms with Gasteiger partial charge in [0.15, 0.2) is 0 Å². The summed E-state index contributed by atoms with van der Waals surface area (Å²) in [5, 5.41) is 0.815. The second-order valence-corrected chi connectivity index (χ2v) is 8.99. The van der Waals surface area contributed by atoms with Crippen LogP contribution in [0.4, 0.5) is 0 Å². The first-order valence-electron chi connectivity index (χ1n) is 11.5. The second kappa shape index (κ2) is 11.5. The second-order valence-electron chi connectivity index (χ2n) is 8.55. The first kappa shape index (κ1) is 22.1. The van der Waals surface area contributed by atoms with E-state index in [1.807, 2.05) is 12.1 Å². The Bertz CT molecular complexity index is 850. The average molecular weight is 434 g/mol. The number of piperidine rings is 1. The highest BCUT2D eigenvalue weighted by Crippen LogP contribution is 2.28. The Kier molecular flexibility index (Phi) is 8.17. The predicted molar refractivity (Wildman–Crippen MR) is 130 cm³/mol. The van der Waals surface area contributed by atoms with E-state index in [1.54, 1.807) is 0 Å². The number of hydrogen-bond acceptors (Lipinski definition) is 2. The predicted octanol–water partition coefficient (Wildman–Crippen LogP) is 6.79. The topological polar surface area (TPSA) is 12.5 Å². The quantitative estimate of drug-likeness (QED) is 0.368. The molecule has 162 valence electrons. The molecule has 1 aliphatic heterocycles. The molecule has 3 aromatic carbocycles. The maximum Gasteiger partial charge on any atom is 0.108 e. The van der Waals surface area contributed by atoms with E-state index in [-0.39, 0.29) is 6.10 Å². The monoisotopic (exact) mass is 433 g/mol. The molecule has 3 heteroatoms. The van der Waals surface area contributed by atoms with Crippen LogP contribution in [-0.2, 0) is 11.2 Å². The van der Waals surface area contributed by atoms with Gasteiger partial charge in [-0.3, -0.25) is 0 Å². The summed E-state index contributed by atoms with van der Waals surface area (Å²) in [5.74, 6) is 0.641. The summed E-state index contributed by atoms with van der Waals surface area (Å²) >= 11 is 5.98. The Hall–Kier alpha value is -2.13. The Balaban J connectivity index is 1.23. The van der Waals surface area contributed by atoms with E-state index in [9.17, 15) is 0 Å². The molecule has 0 bridgehead atoms. The van der Waals surface area contributed by atoms with Gasteiger partial charge < -0.3 is 9.64 Å². The molecule has 2 nitrogen and oxygen atoms in total. The van der Waals surface area contributed by atoms with Crippen LogP contribution in [0.5, 0.6) is 0 Å². The Labute approximate surface area is 191 Å². The van der Waals surface area contributed by atoms with Crippen molar-refractivity contribution in [2.24, 2.45) is 5.92 Å². The molecule has 0 amide bonds. The van der Waals surface area contributed by atoms with Gasteiger partial charge in [-0.1, -0.05) is 84.4 Å². The summed E-state index contributed by atoms with van der Waals surface area (Å²) in [5.41, 5.74) is 3.84. The maximum absolute atomic E-state index is 6.51. The summed E-state index contributed by atoms with van der Waals surface area (Å²) < 4.78 is 6.51. The van der Waals surface area contributed by atoms with Gasteiger partial charge in [-0.25, -0.2) is 0 Å². The largest absolute Gasteiger partial charge is 0.368 e. The maximum atomic E-state index is 6.51. The number of likely N-dealkylation sites (tertiary alicyclic amines) is 1. The molecule has 1 heterocycles. The van der Waals surface area contributed by atoms with Crippen LogP contribution in [0.25, 0.3) is 0 Å². The SMILES string of the molecule is Clc1ccc(CCCN2CCC(COC(c3ccccc3)c3ccccc3)CC2)cc1. The molecule has 0 saturated carbocycles. The first-order chi connectivity index (χ1) is 15.3. The van der Waals surface area contributed by atoms with Crippen molar-refractivity contribution in [3.05, 3.63) is 107 Å². The number of nitrogens with zero attached hydrogens (tertiary/aromatic N) is 1. The zero-order valence-electron chi connectivity index (χ0n) is 18.1. The highest BCUT2D eigenvalue weighted by atomic mass is 35.5. The van der Waals surface area contributed by atoms with Gasteiger partial charge in [0.2, 0.25) is 0 Å². The van der Waals surface area contributed by atoms with E-state index in [0.29, 0.717) is 5.92 Å². The lowest BCUT2D eigenvalue weighted by Crippen LogP contribution is -2.36. The standard InChI is InChI=1S/C28H32ClNO/c29-27-15-13-23(14-16-27)8-7-19-30-20-17-24(18-21-30)22-31-28(25-9-3-1-4-10-25)26-11-5-2-6-12-26/h1-6,9-16,24,28H,7-8,17-22H2. The molecule has 0 aromatic heterocycles. The van der Waals surface area contributed by atoms with Crippen LogP contribution >= 0.6 is 11.6 Å². The molecule has 4 rings (SSSR count). The fraction of sp³-hybridized carbons (Fsp3) is 0.357. The van der Waals surface area contributed by atoms with Crippen molar-refractivity contribution in [1.29, 1.82) is 0 Å². The number of benzene rings is 3. The van der Waals surface area contributed by atoms with E-state index < -0.39 is 0 Å². The third-order valence-corrected chi connectivity index (χ3v) is 6.52. The van der Waals surface area contributed by atoms with E-state index in [0.717, 1.165) is 18.1 Å². The highest BCUT2D eigenvalue weighted by Gasteiger charge is 2.22. The van der Waals surface area contributed by atoms with Gasteiger partial charge in [0.25, 0.3) is 0 Å². The van der Waals surface area contributed by atoms with Gasteiger partial charge in [-0.15, -0.1) is 0 Å². The van der Waals surface area contributed by atoms with Gasteiger partial charge in [0, 0.05) is 5.02 Å². The molecule has 0 spiro atoms. The third-order valence-electron chi connectivity index (χ3n) is 6.26. The Morgan fingerprint density at radius 1 is 0.806 bits per heavy atom. The van der Waals surface area contributed by atoms with Crippen molar-refractivity contribution >= 4 is 11.6 Å². The summed E-state index contributed by atoms with van der Waals surface area (Å²) in [6.45, 7) is 4.35. The van der Waals surface area contributed by atoms with Gasteiger partial charge in [0.05, 0.1) is 6.61 Å². The van der Waals surface area contributed by atoms with Crippen LogP contribution in [0, 0.1) is 5.92 Å². The van der Waals surface area contributed by atoms with E-state index >= 15 is 0 Å². The molecule has 0 atom stereocenters. The molecular weight excluding hydrogens is 402 g/mol. The fourth-order valence-electron chi connectivity index (χ4n) is 4.41. The van der Waals surface area contributed by atoms with Crippen molar-refractivity contribution in [2.45, 2.75) is 31.8 Å². The average Bonchev–Trinajstić information content (AvgIpc) is 2.83. The van der Waals surface area contributed by atoms with Crippen molar-refractivity contribution in [2.75, 3.05) is 26.2 Å². The minimum atomic E-state index is 0.0137. The van der Waals surface area contributed by atoms with E-state index in [4.69, 9.17) is 16.3 Å². The van der Waals surface area contributed by atoms with Crippen LogP contribution in [0.1, 0.15) is 42.1 Å². The van der Waals surface area contributed by atoms with Crippen LogP contribution in [-0.4, -0.2) is 31.1 Å². The molecule has 31 heavy (non-hydrogen) atoms. The zero-order valence-corrected chi connectivity index (χ0v) is 18.9. The van der Waals surface area contributed by atoms with Gasteiger partial charge in [-0.05, 0) is 80.1 Å². The summed E-state index contributed by atoms with van der Waals surface area (Å²) in [4.78, 5) is 2.61. The number of rotatable bonds is 9. The molecule has 3 aromatic rings. The zero-order chi connectivity index (χ0) is 21.3. The summed E-state index contributed by atoms with van der Waals surface area (Å²) in [7, 11) is 0. The minimum Gasteiger partial charge on any atom is -0.368 e. The molecule has 0 N–H and O–H groups in total. The Morgan fingerprint density at radius 2 is 1.39 bits per heavy atom. The number of ether oxygens (including phenoxy) is 1. The van der Waals surface area contributed by atoms with Crippen molar-refractivity contribution < 1.29 is 4.74 Å². The summed E-state index contributed by atoms with van der Waals surface area (Å²) in [6, 6.07) is 29.4. The third kappa shape index (κ3) is 6.67. The van der Waals surface area contributed by atoms with E-state index in [2.05, 4.69) is 77.7 Å². The number of aryl methyl sites for hydroxylation is 1. The van der Waals surface area contributed by atoms with Crippen LogP contribution < -0.4 is 0 Å². The smallest absolute Gasteiger partial charge is 0.108 e. The first-order valence-corrected chi connectivity index (χ1v) is 11.8. The molecule has 1 aliphatic rings. The molecule has 1 saturated heterocycles.